The van der Waals surface area contributed by atoms with E-state index in [0.717, 1.165) is 23.8 Å². The molecule has 0 bridgehead atoms. The summed E-state index contributed by atoms with van der Waals surface area (Å²) in [5, 5.41) is 7.01. The SMILES string of the molecule is Cc1cc(N2CCOC[C@H]2c2ccn[nH]2)ncn1. The molecular weight excluding hydrogens is 230 g/mol. The third kappa shape index (κ3) is 2.06. The van der Waals surface area contributed by atoms with Crippen molar-refractivity contribution in [3.05, 3.63) is 36.0 Å². The molecule has 0 amide bonds. The van der Waals surface area contributed by atoms with Gasteiger partial charge in [-0.2, -0.15) is 5.10 Å². The first-order valence-corrected chi connectivity index (χ1v) is 5.97. The smallest absolute Gasteiger partial charge is 0.132 e. The molecule has 0 radical (unpaired) electrons. The summed E-state index contributed by atoms with van der Waals surface area (Å²) in [5.74, 6) is 0.936. The van der Waals surface area contributed by atoms with E-state index in [2.05, 4.69) is 25.1 Å². The van der Waals surface area contributed by atoms with Gasteiger partial charge in [0.05, 0.1) is 24.9 Å². The van der Waals surface area contributed by atoms with Crippen LogP contribution in [0.3, 0.4) is 0 Å². The molecule has 0 unspecified atom stereocenters. The van der Waals surface area contributed by atoms with Crippen molar-refractivity contribution >= 4 is 5.82 Å². The fourth-order valence-corrected chi connectivity index (χ4v) is 2.19. The summed E-state index contributed by atoms with van der Waals surface area (Å²) in [4.78, 5) is 10.7. The second-order valence-corrected chi connectivity index (χ2v) is 4.31. The maximum atomic E-state index is 5.56. The molecule has 3 rings (SSSR count). The molecule has 94 valence electrons. The summed E-state index contributed by atoms with van der Waals surface area (Å²) in [6.45, 7) is 4.15. The molecule has 0 aliphatic carbocycles. The zero-order chi connectivity index (χ0) is 12.4. The number of morpholine rings is 1. The maximum absolute atomic E-state index is 5.56. The zero-order valence-corrected chi connectivity index (χ0v) is 10.2. The molecule has 0 aromatic carbocycles. The number of hydrogen-bond donors (Lipinski definition) is 1. The van der Waals surface area contributed by atoms with Gasteiger partial charge in [-0.05, 0) is 13.0 Å². The van der Waals surface area contributed by atoms with Gasteiger partial charge in [0.2, 0.25) is 0 Å². The summed E-state index contributed by atoms with van der Waals surface area (Å²) in [7, 11) is 0. The Morgan fingerprint density at radius 3 is 3.17 bits per heavy atom. The molecule has 1 N–H and O–H groups in total. The van der Waals surface area contributed by atoms with Gasteiger partial charge in [-0.15, -0.1) is 0 Å². The lowest BCUT2D eigenvalue weighted by Gasteiger charge is -2.35. The highest BCUT2D eigenvalue weighted by molar-refractivity contribution is 5.42. The number of aryl methyl sites for hydroxylation is 1. The number of aromatic amines is 1. The summed E-state index contributed by atoms with van der Waals surface area (Å²) < 4.78 is 5.56. The van der Waals surface area contributed by atoms with Crippen molar-refractivity contribution in [2.24, 2.45) is 0 Å². The molecule has 18 heavy (non-hydrogen) atoms. The minimum absolute atomic E-state index is 0.135. The zero-order valence-electron chi connectivity index (χ0n) is 10.2. The first-order valence-electron chi connectivity index (χ1n) is 5.97. The lowest BCUT2D eigenvalue weighted by molar-refractivity contribution is 0.0925. The van der Waals surface area contributed by atoms with Gasteiger partial charge in [0.15, 0.2) is 0 Å². The molecule has 0 spiro atoms. The molecule has 2 aromatic heterocycles. The van der Waals surface area contributed by atoms with Crippen LogP contribution in [0.2, 0.25) is 0 Å². The van der Waals surface area contributed by atoms with E-state index in [1.165, 1.54) is 0 Å². The number of nitrogens with zero attached hydrogens (tertiary/aromatic N) is 4. The predicted molar refractivity (Wildman–Crippen MR) is 66.3 cm³/mol. The van der Waals surface area contributed by atoms with E-state index in [9.17, 15) is 0 Å². The van der Waals surface area contributed by atoms with Crippen LogP contribution in [0.5, 0.6) is 0 Å². The number of aromatic nitrogens is 4. The predicted octanol–water partition coefficient (Wildman–Crippen LogP) is 1.09. The van der Waals surface area contributed by atoms with Gasteiger partial charge in [-0.1, -0.05) is 0 Å². The van der Waals surface area contributed by atoms with Crippen LogP contribution in [0.15, 0.2) is 24.7 Å². The average molecular weight is 245 g/mol. The number of nitrogens with one attached hydrogen (secondary N) is 1. The minimum atomic E-state index is 0.135. The normalized spacial score (nSPS) is 20.1. The standard InChI is InChI=1S/C12H15N5O/c1-9-6-12(14-8-13-9)17-4-5-18-7-11(17)10-2-3-15-16-10/h2-3,6,8,11H,4-5,7H2,1H3,(H,15,16)/t11-/m0/s1. The summed E-state index contributed by atoms with van der Waals surface area (Å²) in [6.07, 6.45) is 3.36. The van der Waals surface area contributed by atoms with Crippen LogP contribution < -0.4 is 4.90 Å². The van der Waals surface area contributed by atoms with E-state index in [1.807, 2.05) is 19.1 Å². The molecular formula is C12H15N5O. The summed E-state index contributed by atoms with van der Waals surface area (Å²) in [5.41, 5.74) is 2.01. The van der Waals surface area contributed by atoms with E-state index in [-0.39, 0.29) is 6.04 Å². The molecule has 1 fully saturated rings. The third-order valence-corrected chi connectivity index (χ3v) is 3.09. The van der Waals surface area contributed by atoms with Gasteiger partial charge in [0, 0.05) is 24.5 Å². The van der Waals surface area contributed by atoms with Crippen molar-refractivity contribution in [3.63, 3.8) is 0 Å². The fourth-order valence-electron chi connectivity index (χ4n) is 2.19. The highest BCUT2D eigenvalue weighted by atomic mass is 16.5. The van der Waals surface area contributed by atoms with Gasteiger partial charge in [0.1, 0.15) is 12.1 Å². The van der Waals surface area contributed by atoms with Crippen LogP contribution in [0, 0.1) is 6.92 Å². The van der Waals surface area contributed by atoms with Crippen molar-refractivity contribution in [2.45, 2.75) is 13.0 Å². The lowest BCUT2D eigenvalue weighted by atomic mass is 10.1. The largest absolute Gasteiger partial charge is 0.377 e. The van der Waals surface area contributed by atoms with Crippen LogP contribution in [-0.2, 0) is 4.74 Å². The summed E-state index contributed by atoms with van der Waals surface area (Å²) >= 11 is 0. The number of hydrogen-bond acceptors (Lipinski definition) is 5. The Morgan fingerprint density at radius 1 is 1.44 bits per heavy atom. The summed E-state index contributed by atoms with van der Waals surface area (Å²) in [6, 6.07) is 4.10. The van der Waals surface area contributed by atoms with Crippen molar-refractivity contribution in [1.82, 2.24) is 20.2 Å². The Kier molecular flexibility index (Phi) is 2.93. The lowest BCUT2D eigenvalue weighted by Crippen LogP contribution is -2.40. The third-order valence-electron chi connectivity index (χ3n) is 3.09. The monoisotopic (exact) mass is 245 g/mol. The Morgan fingerprint density at radius 2 is 2.39 bits per heavy atom. The Hall–Kier alpha value is -1.95. The van der Waals surface area contributed by atoms with E-state index < -0.39 is 0 Å². The molecule has 1 aliphatic rings. The molecule has 3 heterocycles. The highest BCUT2D eigenvalue weighted by Crippen LogP contribution is 2.27. The highest BCUT2D eigenvalue weighted by Gasteiger charge is 2.26. The molecule has 6 nitrogen and oxygen atoms in total. The van der Waals surface area contributed by atoms with Gasteiger partial charge >= 0.3 is 0 Å². The Bertz CT molecular complexity index is 513. The maximum Gasteiger partial charge on any atom is 0.132 e. The van der Waals surface area contributed by atoms with Gasteiger partial charge in [0.25, 0.3) is 0 Å². The number of anilines is 1. The first-order chi connectivity index (χ1) is 8.84. The first kappa shape index (κ1) is 11.2. The van der Waals surface area contributed by atoms with Gasteiger partial charge < -0.3 is 9.64 Å². The number of ether oxygens (including phenoxy) is 1. The van der Waals surface area contributed by atoms with Crippen molar-refractivity contribution in [3.8, 4) is 0 Å². The Labute approximate surface area is 105 Å². The second-order valence-electron chi connectivity index (χ2n) is 4.31. The quantitative estimate of drug-likeness (QED) is 0.857. The number of H-pyrrole nitrogens is 1. The van der Waals surface area contributed by atoms with Crippen LogP contribution in [0.1, 0.15) is 17.4 Å². The van der Waals surface area contributed by atoms with Crippen LogP contribution in [0.25, 0.3) is 0 Å². The van der Waals surface area contributed by atoms with Gasteiger partial charge in [-0.3, -0.25) is 5.10 Å². The van der Waals surface area contributed by atoms with Crippen LogP contribution in [0.4, 0.5) is 5.82 Å². The van der Waals surface area contributed by atoms with E-state index in [4.69, 9.17) is 4.74 Å². The van der Waals surface area contributed by atoms with Crippen LogP contribution >= 0.6 is 0 Å². The fraction of sp³-hybridized carbons (Fsp3) is 0.417. The van der Waals surface area contributed by atoms with Crippen LogP contribution in [-0.4, -0.2) is 39.9 Å². The molecule has 1 atom stereocenters. The Balaban J connectivity index is 1.93. The molecule has 2 aromatic rings. The molecule has 1 saturated heterocycles. The van der Waals surface area contributed by atoms with Crippen molar-refractivity contribution in [1.29, 1.82) is 0 Å². The molecule has 0 saturated carbocycles. The van der Waals surface area contributed by atoms with Crippen molar-refractivity contribution in [2.75, 3.05) is 24.7 Å². The van der Waals surface area contributed by atoms with E-state index >= 15 is 0 Å². The van der Waals surface area contributed by atoms with E-state index in [0.29, 0.717) is 13.2 Å². The van der Waals surface area contributed by atoms with Crippen molar-refractivity contribution < 1.29 is 4.74 Å². The second kappa shape index (κ2) is 4.73. The topological polar surface area (TPSA) is 66.9 Å². The molecule has 6 heteroatoms. The van der Waals surface area contributed by atoms with Gasteiger partial charge in [-0.25, -0.2) is 9.97 Å². The average Bonchev–Trinajstić information content (AvgIpc) is 2.92. The minimum Gasteiger partial charge on any atom is -0.377 e. The molecule has 1 aliphatic heterocycles. The number of rotatable bonds is 2. The van der Waals surface area contributed by atoms with E-state index in [1.54, 1.807) is 12.5 Å².